The van der Waals surface area contributed by atoms with Gasteiger partial charge in [0.25, 0.3) is 5.91 Å². The van der Waals surface area contributed by atoms with Gasteiger partial charge in [0.05, 0.1) is 21.1 Å². The van der Waals surface area contributed by atoms with E-state index in [4.69, 9.17) is 5.84 Å². The van der Waals surface area contributed by atoms with Crippen molar-refractivity contribution in [2.75, 3.05) is 21.1 Å². The van der Waals surface area contributed by atoms with Crippen LogP contribution in [-0.2, 0) is 6.54 Å². The molecule has 0 unspecified atom stereocenters. The molecule has 1 aromatic rings. The number of nitrogens with zero attached hydrogens (tertiary/aromatic N) is 1. The van der Waals surface area contributed by atoms with E-state index in [-0.39, 0.29) is 5.91 Å². The Morgan fingerprint density at radius 1 is 1.27 bits per heavy atom. The van der Waals surface area contributed by atoms with E-state index in [9.17, 15) is 4.79 Å². The Balaban J connectivity index is 2.77. The molecule has 0 bridgehead atoms. The van der Waals surface area contributed by atoms with Crippen LogP contribution in [-0.4, -0.2) is 31.5 Å². The van der Waals surface area contributed by atoms with E-state index >= 15 is 0 Å². The average molecular weight is 208 g/mol. The van der Waals surface area contributed by atoms with Crippen molar-refractivity contribution in [1.82, 2.24) is 5.43 Å². The summed E-state index contributed by atoms with van der Waals surface area (Å²) in [6, 6.07) is 7.47. The Labute approximate surface area is 90.2 Å². The zero-order valence-electron chi connectivity index (χ0n) is 9.45. The number of amides is 1. The lowest BCUT2D eigenvalue weighted by molar-refractivity contribution is -0.884. The van der Waals surface area contributed by atoms with Crippen LogP contribution in [0.3, 0.4) is 0 Å². The van der Waals surface area contributed by atoms with Gasteiger partial charge in [0.1, 0.15) is 6.54 Å². The molecule has 0 aromatic heterocycles. The fourth-order valence-electron chi connectivity index (χ4n) is 1.39. The molecule has 0 spiro atoms. The highest BCUT2D eigenvalue weighted by molar-refractivity contribution is 5.93. The summed E-state index contributed by atoms with van der Waals surface area (Å²) >= 11 is 0. The molecule has 15 heavy (non-hydrogen) atoms. The molecule has 0 heterocycles. The number of hydrazine groups is 1. The Morgan fingerprint density at radius 3 is 2.20 bits per heavy atom. The van der Waals surface area contributed by atoms with Gasteiger partial charge < -0.3 is 4.48 Å². The molecule has 0 saturated heterocycles. The highest BCUT2D eigenvalue weighted by atomic mass is 16.2. The number of nitrogen functional groups attached to an aromatic ring is 1. The normalized spacial score (nSPS) is 11.2. The van der Waals surface area contributed by atoms with Gasteiger partial charge >= 0.3 is 0 Å². The van der Waals surface area contributed by atoms with Crippen LogP contribution in [0.15, 0.2) is 24.3 Å². The van der Waals surface area contributed by atoms with Gasteiger partial charge in [0, 0.05) is 11.1 Å². The molecule has 3 N–H and O–H groups in total. The van der Waals surface area contributed by atoms with E-state index in [0.717, 1.165) is 11.0 Å². The first kappa shape index (κ1) is 11.7. The Bertz CT molecular complexity index is 338. The van der Waals surface area contributed by atoms with Gasteiger partial charge in [0.2, 0.25) is 0 Å². The molecule has 0 fully saturated rings. The highest BCUT2D eigenvalue weighted by Crippen LogP contribution is 2.08. The highest BCUT2D eigenvalue weighted by Gasteiger charge is 2.09. The van der Waals surface area contributed by atoms with Crippen molar-refractivity contribution in [1.29, 1.82) is 0 Å². The third kappa shape index (κ3) is 3.69. The number of rotatable bonds is 3. The number of nitrogens with two attached hydrogens (primary N) is 1. The molecule has 0 aliphatic rings. The minimum absolute atomic E-state index is 0.258. The molecule has 0 atom stereocenters. The Hall–Kier alpha value is -1.39. The summed E-state index contributed by atoms with van der Waals surface area (Å²) < 4.78 is 0.864. The van der Waals surface area contributed by atoms with Crippen LogP contribution < -0.4 is 11.3 Å². The van der Waals surface area contributed by atoms with Gasteiger partial charge in [-0.3, -0.25) is 10.2 Å². The van der Waals surface area contributed by atoms with E-state index in [0.29, 0.717) is 5.56 Å². The second kappa shape index (κ2) is 4.42. The van der Waals surface area contributed by atoms with Gasteiger partial charge in [-0.05, 0) is 12.1 Å². The lowest BCUT2D eigenvalue weighted by Gasteiger charge is -2.23. The lowest BCUT2D eigenvalue weighted by Crippen LogP contribution is -2.33. The first-order valence-corrected chi connectivity index (χ1v) is 4.83. The number of hydrogen-bond donors (Lipinski definition) is 2. The second-order valence-corrected chi connectivity index (χ2v) is 4.62. The maximum Gasteiger partial charge on any atom is 0.265 e. The molecule has 0 aliphatic heterocycles. The van der Waals surface area contributed by atoms with Crippen LogP contribution >= 0.6 is 0 Å². The fourth-order valence-corrected chi connectivity index (χ4v) is 1.39. The first-order valence-electron chi connectivity index (χ1n) is 4.83. The third-order valence-electron chi connectivity index (χ3n) is 2.00. The standard InChI is InChI=1S/C11H17N3O/c1-14(2,3)8-9-4-6-10(7-5-9)11(15)13-12/h4-7H,8,12H2,1-3H3/p+1. The van der Waals surface area contributed by atoms with E-state index < -0.39 is 0 Å². The number of quaternary nitrogens is 1. The van der Waals surface area contributed by atoms with Crippen LogP contribution in [0.1, 0.15) is 15.9 Å². The van der Waals surface area contributed by atoms with E-state index in [2.05, 4.69) is 26.6 Å². The van der Waals surface area contributed by atoms with E-state index in [1.54, 1.807) is 12.1 Å². The third-order valence-corrected chi connectivity index (χ3v) is 2.00. The first-order chi connectivity index (χ1) is 6.92. The molecule has 0 radical (unpaired) electrons. The molecule has 1 rings (SSSR count). The SMILES string of the molecule is C[N+](C)(C)Cc1ccc(C(=O)NN)cc1. The molecule has 4 heteroatoms. The summed E-state index contributed by atoms with van der Waals surface area (Å²) in [5, 5.41) is 0. The summed E-state index contributed by atoms with van der Waals surface area (Å²) in [5.41, 5.74) is 3.90. The summed E-state index contributed by atoms with van der Waals surface area (Å²) in [4.78, 5) is 11.2. The monoisotopic (exact) mass is 208 g/mol. The van der Waals surface area contributed by atoms with Crippen LogP contribution in [0, 0.1) is 0 Å². The molecule has 4 nitrogen and oxygen atoms in total. The van der Waals surface area contributed by atoms with Gasteiger partial charge in [-0.25, -0.2) is 5.84 Å². The van der Waals surface area contributed by atoms with Crippen LogP contribution in [0.25, 0.3) is 0 Å². The lowest BCUT2D eigenvalue weighted by atomic mass is 10.1. The average Bonchev–Trinajstić information content (AvgIpc) is 2.15. The molecule has 0 saturated carbocycles. The Kier molecular flexibility index (Phi) is 3.44. The second-order valence-electron chi connectivity index (χ2n) is 4.62. The summed E-state index contributed by atoms with van der Waals surface area (Å²) in [6.07, 6.45) is 0. The summed E-state index contributed by atoms with van der Waals surface area (Å²) in [5.74, 6) is 4.78. The topological polar surface area (TPSA) is 55.1 Å². The number of nitrogens with one attached hydrogen (secondary N) is 1. The Morgan fingerprint density at radius 2 is 1.80 bits per heavy atom. The molecule has 1 aromatic carbocycles. The van der Waals surface area contributed by atoms with Crippen LogP contribution in [0.2, 0.25) is 0 Å². The van der Waals surface area contributed by atoms with Gasteiger partial charge in [-0.15, -0.1) is 0 Å². The van der Waals surface area contributed by atoms with Gasteiger partial charge in [-0.1, -0.05) is 12.1 Å². The van der Waals surface area contributed by atoms with Crippen molar-refractivity contribution in [3.63, 3.8) is 0 Å². The largest absolute Gasteiger partial charge is 0.327 e. The predicted molar refractivity (Wildman–Crippen MR) is 59.8 cm³/mol. The van der Waals surface area contributed by atoms with Crippen molar-refractivity contribution < 1.29 is 9.28 Å². The molecular formula is C11H18N3O+. The number of hydrogen-bond acceptors (Lipinski definition) is 2. The van der Waals surface area contributed by atoms with Gasteiger partial charge in [0.15, 0.2) is 0 Å². The zero-order valence-corrected chi connectivity index (χ0v) is 9.45. The number of carbonyl (C=O) groups excluding carboxylic acids is 1. The minimum Gasteiger partial charge on any atom is -0.327 e. The smallest absolute Gasteiger partial charge is 0.265 e. The van der Waals surface area contributed by atoms with Gasteiger partial charge in [-0.2, -0.15) is 0 Å². The fraction of sp³-hybridized carbons (Fsp3) is 0.364. The van der Waals surface area contributed by atoms with Crippen LogP contribution in [0.4, 0.5) is 0 Å². The van der Waals surface area contributed by atoms with E-state index in [1.165, 1.54) is 5.56 Å². The zero-order chi connectivity index (χ0) is 11.5. The summed E-state index contributed by atoms with van der Waals surface area (Å²) in [7, 11) is 6.38. The quantitative estimate of drug-likeness (QED) is 0.329. The molecule has 0 aliphatic carbocycles. The van der Waals surface area contributed by atoms with Crippen molar-refractivity contribution in [2.24, 2.45) is 5.84 Å². The van der Waals surface area contributed by atoms with Crippen molar-refractivity contribution in [3.05, 3.63) is 35.4 Å². The molecule has 1 amide bonds. The summed E-state index contributed by atoms with van der Waals surface area (Å²) in [6.45, 7) is 0.935. The maximum atomic E-state index is 11.2. The van der Waals surface area contributed by atoms with Crippen molar-refractivity contribution in [2.45, 2.75) is 6.54 Å². The minimum atomic E-state index is -0.258. The van der Waals surface area contributed by atoms with E-state index in [1.807, 2.05) is 12.1 Å². The number of benzene rings is 1. The number of carbonyl (C=O) groups is 1. The molecular weight excluding hydrogens is 190 g/mol. The van der Waals surface area contributed by atoms with Crippen molar-refractivity contribution >= 4 is 5.91 Å². The molecule has 82 valence electrons. The predicted octanol–water partition coefficient (Wildman–Crippen LogP) is 0.496. The van der Waals surface area contributed by atoms with Crippen LogP contribution in [0.5, 0.6) is 0 Å². The maximum absolute atomic E-state index is 11.2. The van der Waals surface area contributed by atoms with Crippen molar-refractivity contribution in [3.8, 4) is 0 Å².